The second-order valence-electron chi connectivity index (χ2n) is 3.74. The van der Waals surface area contributed by atoms with Crippen LogP contribution >= 0.6 is 0 Å². The van der Waals surface area contributed by atoms with Crippen LogP contribution in [-0.4, -0.2) is 28.5 Å². The van der Waals surface area contributed by atoms with Crippen molar-refractivity contribution in [1.29, 1.82) is 0 Å². The highest BCUT2D eigenvalue weighted by molar-refractivity contribution is 6.33. The molecule has 1 saturated carbocycles. The van der Waals surface area contributed by atoms with E-state index >= 15 is 0 Å². The third-order valence-electron chi connectivity index (χ3n) is 3.06. The molecule has 1 heterocycles. The standard InChI is InChI=1S/C9H12N2O3/c1-6(12)9-4-2-3-7(9)8(5-10-13)11-14-9/h5,7,13H,2-4H2,1H3/b10-5-/t7-,9+/m0/s1. The van der Waals surface area contributed by atoms with Crippen LogP contribution in [-0.2, 0) is 9.63 Å². The molecular formula is C9H12N2O3. The van der Waals surface area contributed by atoms with Crippen LogP contribution < -0.4 is 0 Å². The van der Waals surface area contributed by atoms with Crippen molar-refractivity contribution in [2.75, 3.05) is 0 Å². The number of oxime groups is 2. The van der Waals surface area contributed by atoms with E-state index in [1.54, 1.807) is 0 Å². The van der Waals surface area contributed by atoms with Gasteiger partial charge >= 0.3 is 0 Å². The summed E-state index contributed by atoms with van der Waals surface area (Å²) < 4.78 is 0. The average molecular weight is 196 g/mol. The zero-order valence-corrected chi connectivity index (χ0v) is 7.93. The van der Waals surface area contributed by atoms with Gasteiger partial charge in [0, 0.05) is 0 Å². The second-order valence-corrected chi connectivity index (χ2v) is 3.74. The summed E-state index contributed by atoms with van der Waals surface area (Å²) in [5, 5.41) is 15.1. The minimum Gasteiger partial charge on any atom is -0.411 e. The van der Waals surface area contributed by atoms with E-state index in [0.29, 0.717) is 12.1 Å². The van der Waals surface area contributed by atoms with Crippen LogP contribution in [0.3, 0.4) is 0 Å². The van der Waals surface area contributed by atoms with Gasteiger partial charge in [0.2, 0.25) is 5.60 Å². The Morgan fingerprint density at radius 2 is 2.64 bits per heavy atom. The molecule has 2 rings (SSSR count). The van der Waals surface area contributed by atoms with E-state index in [4.69, 9.17) is 10.0 Å². The third kappa shape index (κ3) is 1.05. The second kappa shape index (κ2) is 3.08. The Labute approximate surface area is 81.4 Å². The van der Waals surface area contributed by atoms with Crippen molar-refractivity contribution in [2.24, 2.45) is 16.2 Å². The van der Waals surface area contributed by atoms with Gasteiger partial charge in [-0.15, -0.1) is 0 Å². The number of carbonyl (C=O) groups excluding carboxylic acids is 1. The van der Waals surface area contributed by atoms with Gasteiger partial charge in [-0.1, -0.05) is 10.3 Å². The fourth-order valence-corrected chi connectivity index (χ4v) is 2.33. The van der Waals surface area contributed by atoms with Gasteiger partial charge in [0.1, 0.15) is 5.71 Å². The van der Waals surface area contributed by atoms with E-state index in [1.165, 1.54) is 13.1 Å². The van der Waals surface area contributed by atoms with E-state index in [0.717, 1.165) is 12.8 Å². The van der Waals surface area contributed by atoms with E-state index in [-0.39, 0.29) is 11.7 Å². The molecule has 5 heteroatoms. The van der Waals surface area contributed by atoms with Gasteiger partial charge in [0.25, 0.3) is 0 Å². The van der Waals surface area contributed by atoms with Gasteiger partial charge in [0.15, 0.2) is 5.78 Å². The molecule has 0 saturated heterocycles. The van der Waals surface area contributed by atoms with Crippen molar-refractivity contribution in [3.05, 3.63) is 0 Å². The molecule has 0 radical (unpaired) electrons. The van der Waals surface area contributed by atoms with Crippen LogP contribution in [0.5, 0.6) is 0 Å². The lowest BCUT2D eigenvalue weighted by Crippen LogP contribution is -2.41. The van der Waals surface area contributed by atoms with Crippen LogP contribution in [0.25, 0.3) is 0 Å². The number of fused-ring (bicyclic) bond motifs is 1. The monoisotopic (exact) mass is 196 g/mol. The fourth-order valence-electron chi connectivity index (χ4n) is 2.33. The molecule has 2 aliphatic rings. The van der Waals surface area contributed by atoms with Gasteiger partial charge in [-0.05, 0) is 26.2 Å². The Hall–Kier alpha value is -1.39. The summed E-state index contributed by atoms with van der Waals surface area (Å²) in [5.41, 5.74) is -0.198. The van der Waals surface area contributed by atoms with Crippen LogP contribution in [0.2, 0.25) is 0 Å². The lowest BCUT2D eigenvalue weighted by atomic mass is 9.85. The Morgan fingerprint density at radius 3 is 3.29 bits per heavy atom. The molecule has 1 N–H and O–H groups in total. The number of nitrogens with zero attached hydrogens (tertiary/aromatic N) is 2. The largest absolute Gasteiger partial charge is 0.411 e. The van der Waals surface area contributed by atoms with Gasteiger partial charge < -0.3 is 10.0 Å². The van der Waals surface area contributed by atoms with Crippen molar-refractivity contribution in [3.8, 4) is 0 Å². The third-order valence-corrected chi connectivity index (χ3v) is 3.06. The number of hydrogen-bond donors (Lipinski definition) is 1. The highest BCUT2D eigenvalue weighted by atomic mass is 16.7. The van der Waals surface area contributed by atoms with Crippen molar-refractivity contribution < 1.29 is 14.8 Å². The van der Waals surface area contributed by atoms with Gasteiger partial charge in [-0.25, -0.2) is 0 Å². The lowest BCUT2D eigenvalue weighted by molar-refractivity contribution is -0.141. The maximum Gasteiger partial charge on any atom is 0.203 e. The van der Waals surface area contributed by atoms with E-state index < -0.39 is 5.60 Å². The summed E-state index contributed by atoms with van der Waals surface area (Å²) in [5.74, 6) is -0.0269. The van der Waals surface area contributed by atoms with E-state index in [9.17, 15) is 4.79 Å². The number of hydrogen-bond acceptors (Lipinski definition) is 5. The first kappa shape index (κ1) is 9.18. The van der Waals surface area contributed by atoms with Gasteiger partial charge in [0.05, 0.1) is 12.1 Å². The summed E-state index contributed by atoms with van der Waals surface area (Å²) in [6.07, 6.45) is 3.77. The topological polar surface area (TPSA) is 71.2 Å². The molecule has 5 nitrogen and oxygen atoms in total. The zero-order chi connectivity index (χ0) is 10.2. The van der Waals surface area contributed by atoms with Crippen molar-refractivity contribution in [2.45, 2.75) is 31.8 Å². The van der Waals surface area contributed by atoms with Gasteiger partial charge in [-0.3, -0.25) is 4.79 Å². The molecule has 76 valence electrons. The lowest BCUT2D eigenvalue weighted by Gasteiger charge is -2.22. The molecule has 1 fully saturated rings. The minimum atomic E-state index is -0.767. The summed E-state index contributed by atoms with van der Waals surface area (Å²) in [6, 6.07) is 0. The van der Waals surface area contributed by atoms with E-state index in [1.807, 2.05) is 0 Å². The first-order valence-corrected chi connectivity index (χ1v) is 4.65. The van der Waals surface area contributed by atoms with Crippen molar-refractivity contribution in [3.63, 3.8) is 0 Å². The molecule has 14 heavy (non-hydrogen) atoms. The quantitative estimate of drug-likeness (QED) is 0.406. The Balaban J connectivity index is 2.29. The van der Waals surface area contributed by atoms with Crippen LogP contribution in [0, 0.1) is 5.92 Å². The van der Waals surface area contributed by atoms with Crippen LogP contribution in [0.4, 0.5) is 0 Å². The Morgan fingerprint density at radius 1 is 1.86 bits per heavy atom. The highest BCUT2D eigenvalue weighted by Crippen LogP contribution is 2.44. The first-order chi connectivity index (χ1) is 6.70. The summed E-state index contributed by atoms with van der Waals surface area (Å²) in [7, 11) is 0. The maximum absolute atomic E-state index is 11.5. The molecule has 0 aromatic carbocycles. The normalized spacial score (nSPS) is 35.5. The molecule has 0 unspecified atom stereocenters. The van der Waals surface area contributed by atoms with Crippen molar-refractivity contribution >= 4 is 17.7 Å². The molecule has 2 atom stereocenters. The SMILES string of the molecule is CC(=O)[C@]12CCC[C@H]1C(/C=N\O)=NO2. The average Bonchev–Trinajstić information content (AvgIpc) is 2.67. The van der Waals surface area contributed by atoms with E-state index in [2.05, 4.69) is 10.3 Å². The zero-order valence-electron chi connectivity index (χ0n) is 7.93. The molecule has 0 spiro atoms. The fraction of sp³-hybridized carbons (Fsp3) is 0.667. The summed E-state index contributed by atoms with van der Waals surface area (Å²) in [4.78, 5) is 16.7. The minimum absolute atomic E-state index is 0.00471. The predicted molar refractivity (Wildman–Crippen MR) is 49.6 cm³/mol. The Bertz CT molecular complexity index is 324. The van der Waals surface area contributed by atoms with Gasteiger partial charge in [-0.2, -0.15) is 0 Å². The molecule has 0 amide bonds. The number of Topliss-reactive ketones (excluding diaryl/α,β-unsaturated/α-hetero) is 1. The van der Waals surface area contributed by atoms with Crippen molar-refractivity contribution in [1.82, 2.24) is 0 Å². The molecule has 0 aromatic heterocycles. The predicted octanol–water partition coefficient (Wildman–Crippen LogP) is 0.960. The summed E-state index contributed by atoms with van der Waals surface area (Å²) in [6.45, 7) is 1.52. The summed E-state index contributed by atoms with van der Waals surface area (Å²) >= 11 is 0. The molecule has 1 aliphatic carbocycles. The number of ketones is 1. The Kier molecular flexibility index (Phi) is 2.02. The number of rotatable bonds is 2. The molecule has 0 bridgehead atoms. The molecule has 1 aliphatic heterocycles. The smallest absolute Gasteiger partial charge is 0.203 e. The van der Waals surface area contributed by atoms with Crippen LogP contribution in [0.15, 0.2) is 10.3 Å². The van der Waals surface area contributed by atoms with Crippen LogP contribution in [0.1, 0.15) is 26.2 Å². The maximum atomic E-state index is 11.5. The molecular weight excluding hydrogens is 184 g/mol. The first-order valence-electron chi connectivity index (χ1n) is 4.65. The molecule has 0 aromatic rings. The highest BCUT2D eigenvalue weighted by Gasteiger charge is 2.55. The number of carbonyl (C=O) groups is 1.